The lowest BCUT2D eigenvalue weighted by molar-refractivity contribution is 0.0794. The first-order valence-electron chi connectivity index (χ1n) is 3.90. The van der Waals surface area contributed by atoms with Gasteiger partial charge in [-0.25, -0.2) is 9.59 Å². The molecule has 0 aromatic heterocycles. The van der Waals surface area contributed by atoms with Crippen LogP contribution in [0.1, 0.15) is 5.56 Å². The maximum atomic E-state index is 10.6. The molecule has 1 heterocycles. The van der Waals surface area contributed by atoms with Gasteiger partial charge in [0.05, 0.1) is 0 Å². The van der Waals surface area contributed by atoms with Gasteiger partial charge in [-0.1, -0.05) is 18.2 Å². The summed E-state index contributed by atoms with van der Waals surface area (Å²) in [5.41, 5.74) is 0.736. The Morgan fingerprint density at radius 3 is 2.29 bits per heavy atom. The van der Waals surface area contributed by atoms with Crippen LogP contribution in [0.5, 0.6) is 0 Å². The van der Waals surface area contributed by atoms with Crippen molar-refractivity contribution in [1.29, 1.82) is 0 Å². The maximum absolute atomic E-state index is 10.6. The zero-order valence-electron chi connectivity index (χ0n) is 7.06. The van der Waals surface area contributed by atoms with Crippen molar-refractivity contribution in [3.63, 3.8) is 0 Å². The van der Waals surface area contributed by atoms with Crippen LogP contribution in [0, 0.1) is 12.0 Å². The highest BCUT2D eigenvalue weighted by atomic mass is 16.7. The van der Waals surface area contributed by atoms with Crippen molar-refractivity contribution in [2.45, 2.75) is 0 Å². The van der Waals surface area contributed by atoms with E-state index in [9.17, 15) is 9.59 Å². The van der Waals surface area contributed by atoms with Crippen molar-refractivity contribution < 1.29 is 14.3 Å². The van der Waals surface area contributed by atoms with E-state index in [1.165, 1.54) is 0 Å². The van der Waals surface area contributed by atoms with E-state index in [4.69, 9.17) is 0 Å². The zero-order chi connectivity index (χ0) is 9.97. The molecule has 0 aliphatic carbocycles. The number of amides is 2. The summed E-state index contributed by atoms with van der Waals surface area (Å²) >= 11 is 0. The molecule has 1 fully saturated rings. The van der Waals surface area contributed by atoms with Gasteiger partial charge in [-0.15, -0.1) is 4.90 Å². The SMILES string of the molecule is O=C1OC(=O)N1C#Cc1ccccc1. The minimum atomic E-state index is -0.724. The lowest BCUT2D eigenvalue weighted by Crippen LogP contribution is -2.46. The molecule has 14 heavy (non-hydrogen) atoms. The van der Waals surface area contributed by atoms with Crippen molar-refractivity contribution in [3.05, 3.63) is 35.9 Å². The molecule has 68 valence electrons. The van der Waals surface area contributed by atoms with Crippen LogP contribution in [0.4, 0.5) is 9.59 Å². The molecule has 0 saturated carbocycles. The van der Waals surface area contributed by atoms with Crippen LogP contribution < -0.4 is 0 Å². The summed E-state index contributed by atoms with van der Waals surface area (Å²) in [5, 5.41) is 0. The summed E-state index contributed by atoms with van der Waals surface area (Å²) in [6.07, 6.45) is -1.45. The van der Waals surface area contributed by atoms with Crippen molar-refractivity contribution in [2.75, 3.05) is 0 Å². The second-order valence-electron chi connectivity index (χ2n) is 2.57. The van der Waals surface area contributed by atoms with Gasteiger partial charge >= 0.3 is 12.2 Å². The minimum Gasteiger partial charge on any atom is -0.357 e. The molecule has 2 amide bonds. The maximum Gasteiger partial charge on any atom is 0.440 e. The number of carbonyl (C=O) groups is 2. The molecule has 1 saturated heterocycles. The van der Waals surface area contributed by atoms with Crippen LogP contribution in [0.3, 0.4) is 0 Å². The van der Waals surface area contributed by atoms with E-state index in [0.717, 1.165) is 10.5 Å². The fourth-order valence-corrected chi connectivity index (χ4v) is 0.935. The van der Waals surface area contributed by atoms with E-state index in [0.29, 0.717) is 0 Å². The van der Waals surface area contributed by atoms with E-state index in [-0.39, 0.29) is 0 Å². The predicted molar refractivity (Wildman–Crippen MR) is 47.0 cm³/mol. The first-order chi connectivity index (χ1) is 6.77. The Bertz CT molecular complexity index is 427. The number of hydrogen-bond donors (Lipinski definition) is 0. The Labute approximate surface area is 80.1 Å². The van der Waals surface area contributed by atoms with Crippen molar-refractivity contribution in [3.8, 4) is 12.0 Å². The molecule has 0 unspecified atom stereocenters. The molecule has 0 N–H and O–H groups in total. The molecule has 1 aliphatic heterocycles. The Morgan fingerprint density at radius 1 is 1.07 bits per heavy atom. The molecule has 0 radical (unpaired) electrons. The first-order valence-corrected chi connectivity index (χ1v) is 3.90. The number of hydrogen-bond acceptors (Lipinski definition) is 3. The predicted octanol–water partition coefficient (Wildman–Crippen LogP) is 1.57. The highest BCUT2D eigenvalue weighted by Crippen LogP contribution is 2.08. The van der Waals surface area contributed by atoms with Crippen LogP contribution in [0.2, 0.25) is 0 Å². The molecule has 1 aromatic carbocycles. The van der Waals surface area contributed by atoms with Crippen molar-refractivity contribution in [1.82, 2.24) is 4.90 Å². The molecule has 4 heteroatoms. The monoisotopic (exact) mass is 187 g/mol. The standard InChI is InChI=1S/C10H5NO3/c12-9-11(10(13)14-9)7-6-8-4-2-1-3-5-8/h1-5H. The van der Waals surface area contributed by atoms with Gasteiger partial charge in [0.1, 0.15) is 0 Å². The smallest absolute Gasteiger partial charge is 0.357 e. The van der Waals surface area contributed by atoms with Crippen LogP contribution >= 0.6 is 0 Å². The largest absolute Gasteiger partial charge is 0.440 e. The minimum absolute atomic E-state index is 0.724. The lowest BCUT2D eigenvalue weighted by atomic mass is 10.2. The average molecular weight is 187 g/mol. The van der Waals surface area contributed by atoms with Crippen molar-refractivity contribution in [2.24, 2.45) is 0 Å². The van der Waals surface area contributed by atoms with Gasteiger partial charge in [0, 0.05) is 11.6 Å². The number of nitrogens with zero attached hydrogens (tertiary/aromatic N) is 1. The van der Waals surface area contributed by atoms with E-state index >= 15 is 0 Å². The normalized spacial score (nSPS) is 13.9. The van der Waals surface area contributed by atoms with Crippen molar-refractivity contribution >= 4 is 12.2 Å². The molecule has 1 aromatic rings. The first kappa shape index (κ1) is 8.32. The third-order valence-corrected chi connectivity index (χ3v) is 1.63. The van der Waals surface area contributed by atoms with E-state index in [1.54, 1.807) is 12.1 Å². The summed E-state index contributed by atoms with van der Waals surface area (Å²) in [7, 11) is 0. The molecule has 1 aliphatic rings. The van der Waals surface area contributed by atoms with Crippen LogP contribution in [0.15, 0.2) is 30.3 Å². The number of cyclic esters (lactones) is 2. The van der Waals surface area contributed by atoms with E-state index in [2.05, 4.69) is 16.7 Å². The van der Waals surface area contributed by atoms with E-state index < -0.39 is 12.2 Å². The highest BCUT2D eigenvalue weighted by molar-refractivity contribution is 6.04. The van der Waals surface area contributed by atoms with Crippen LogP contribution in [-0.4, -0.2) is 17.1 Å². The van der Waals surface area contributed by atoms with Gasteiger partial charge in [0.15, 0.2) is 0 Å². The fourth-order valence-electron chi connectivity index (χ4n) is 0.935. The summed E-state index contributed by atoms with van der Waals surface area (Å²) in [5.74, 6) is 2.66. The summed E-state index contributed by atoms with van der Waals surface area (Å²) < 4.78 is 4.09. The molecular formula is C10H5NO3. The van der Waals surface area contributed by atoms with E-state index in [1.807, 2.05) is 18.2 Å². The number of carbonyl (C=O) groups excluding carboxylic acids is 2. The summed E-state index contributed by atoms with van der Waals surface area (Å²) in [6, 6.07) is 11.4. The molecule has 4 nitrogen and oxygen atoms in total. The second kappa shape index (κ2) is 3.23. The summed E-state index contributed by atoms with van der Waals surface area (Å²) in [4.78, 5) is 22.0. The quantitative estimate of drug-likeness (QED) is 0.457. The average Bonchev–Trinajstić information content (AvgIpc) is 2.19. The molecule has 0 spiro atoms. The van der Waals surface area contributed by atoms with Gasteiger partial charge in [-0.3, -0.25) is 0 Å². The highest BCUT2D eigenvalue weighted by Gasteiger charge is 2.36. The van der Waals surface area contributed by atoms with Gasteiger partial charge < -0.3 is 4.74 Å². The Balaban J connectivity index is 2.15. The number of imide groups is 1. The second-order valence-corrected chi connectivity index (χ2v) is 2.57. The Kier molecular flexibility index (Phi) is 1.92. The summed E-state index contributed by atoms with van der Waals surface area (Å²) in [6.45, 7) is 0. The third kappa shape index (κ3) is 1.43. The van der Waals surface area contributed by atoms with Gasteiger partial charge in [0.2, 0.25) is 0 Å². The van der Waals surface area contributed by atoms with Gasteiger partial charge in [-0.2, -0.15) is 0 Å². The van der Waals surface area contributed by atoms with Crippen LogP contribution in [-0.2, 0) is 4.74 Å². The van der Waals surface area contributed by atoms with Crippen LogP contribution in [0.25, 0.3) is 0 Å². The third-order valence-electron chi connectivity index (χ3n) is 1.63. The van der Waals surface area contributed by atoms with Gasteiger partial charge in [0.25, 0.3) is 0 Å². The Hall–Kier alpha value is -2.28. The molecule has 0 bridgehead atoms. The van der Waals surface area contributed by atoms with Gasteiger partial charge in [-0.05, 0) is 18.1 Å². The topological polar surface area (TPSA) is 46.6 Å². The zero-order valence-corrected chi connectivity index (χ0v) is 7.06. The number of rotatable bonds is 0. The fraction of sp³-hybridized carbons (Fsp3) is 0. The Morgan fingerprint density at radius 2 is 1.71 bits per heavy atom. The molecule has 0 atom stereocenters. The number of benzene rings is 1. The lowest BCUT2D eigenvalue weighted by Gasteiger charge is -2.19. The molecular weight excluding hydrogens is 182 g/mol. The number of ether oxygens (including phenoxy) is 1. The molecule has 2 rings (SSSR count).